The van der Waals surface area contributed by atoms with Crippen LogP contribution in [0.15, 0.2) is 84.2 Å². The van der Waals surface area contributed by atoms with Crippen molar-refractivity contribution in [3.05, 3.63) is 95.3 Å². The standard InChI is InChI=1S/C26H29F2N/c1-26(2,28)24(21-14-9-15-23(27)16-21)22-17-29(18-22)25(19-10-5-3-6-11-19)20-12-7-4-8-13-20/h3-8,10-14,16,22,24-25H,9,15,17-18H2,1-2H3. The molecule has 1 nitrogen and oxygen atoms in total. The Bertz CT molecular complexity index is 834. The number of nitrogens with zero attached hydrogens (tertiary/aromatic N) is 1. The van der Waals surface area contributed by atoms with Gasteiger partial charge in [-0.25, -0.2) is 8.78 Å². The van der Waals surface area contributed by atoms with Crippen LogP contribution in [-0.2, 0) is 0 Å². The molecule has 29 heavy (non-hydrogen) atoms. The zero-order valence-corrected chi connectivity index (χ0v) is 17.2. The molecule has 0 radical (unpaired) electrons. The number of hydrogen-bond acceptors (Lipinski definition) is 1. The monoisotopic (exact) mass is 393 g/mol. The Morgan fingerprint density at radius 3 is 1.97 bits per heavy atom. The number of rotatable bonds is 6. The van der Waals surface area contributed by atoms with Crippen LogP contribution in [0.2, 0.25) is 0 Å². The molecule has 1 fully saturated rings. The van der Waals surface area contributed by atoms with Gasteiger partial charge in [-0.15, -0.1) is 0 Å². The highest BCUT2D eigenvalue weighted by Crippen LogP contribution is 2.44. The number of alkyl halides is 1. The first kappa shape index (κ1) is 20.0. The quantitative estimate of drug-likeness (QED) is 0.531. The first-order valence-corrected chi connectivity index (χ1v) is 10.5. The molecule has 2 aromatic rings. The Morgan fingerprint density at radius 1 is 0.931 bits per heavy atom. The van der Waals surface area contributed by atoms with Gasteiger partial charge in [-0.2, -0.15) is 0 Å². The molecule has 0 amide bonds. The molecule has 2 aromatic carbocycles. The van der Waals surface area contributed by atoms with Crippen molar-refractivity contribution in [3.63, 3.8) is 0 Å². The summed E-state index contributed by atoms with van der Waals surface area (Å²) < 4.78 is 29.1. The van der Waals surface area contributed by atoms with E-state index in [2.05, 4.69) is 53.4 Å². The van der Waals surface area contributed by atoms with Gasteiger partial charge >= 0.3 is 0 Å². The molecule has 0 bridgehead atoms. The molecule has 3 heteroatoms. The van der Waals surface area contributed by atoms with Crippen molar-refractivity contribution < 1.29 is 8.78 Å². The van der Waals surface area contributed by atoms with E-state index in [0.717, 1.165) is 18.7 Å². The molecule has 152 valence electrons. The van der Waals surface area contributed by atoms with Gasteiger partial charge in [0.25, 0.3) is 0 Å². The van der Waals surface area contributed by atoms with Gasteiger partial charge in [0.2, 0.25) is 0 Å². The van der Waals surface area contributed by atoms with Crippen molar-refractivity contribution >= 4 is 0 Å². The Hall–Kier alpha value is -2.26. The molecule has 1 aliphatic heterocycles. The van der Waals surface area contributed by atoms with Crippen LogP contribution in [0.4, 0.5) is 8.78 Å². The summed E-state index contributed by atoms with van der Waals surface area (Å²) in [6, 6.07) is 21.1. The summed E-state index contributed by atoms with van der Waals surface area (Å²) in [6.45, 7) is 4.87. The van der Waals surface area contributed by atoms with E-state index in [-0.39, 0.29) is 23.7 Å². The van der Waals surface area contributed by atoms with E-state index in [1.54, 1.807) is 19.9 Å². The average molecular weight is 394 g/mol. The molecule has 1 unspecified atom stereocenters. The lowest BCUT2D eigenvalue weighted by atomic mass is 9.71. The van der Waals surface area contributed by atoms with Crippen molar-refractivity contribution in [1.82, 2.24) is 4.90 Å². The van der Waals surface area contributed by atoms with Crippen LogP contribution < -0.4 is 0 Å². The predicted molar refractivity (Wildman–Crippen MR) is 115 cm³/mol. The largest absolute Gasteiger partial charge is 0.292 e. The summed E-state index contributed by atoms with van der Waals surface area (Å²) in [7, 11) is 0. The second-order valence-electron chi connectivity index (χ2n) is 8.81. The fourth-order valence-corrected chi connectivity index (χ4v) is 4.99. The average Bonchev–Trinajstić information content (AvgIpc) is 2.67. The number of hydrogen-bond donors (Lipinski definition) is 0. The molecular weight excluding hydrogens is 364 g/mol. The van der Waals surface area contributed by atoms with Crippen molar-refractivity contribution in [2.45, 2.75) is 38.4 Å². The molecule has 0 aromatic heterocycles. The Morgan fingerprint density at radius 2 is 1.48 bits per heavy atom. The van der Waals surface area contributed by atoms with E-state index in [1.165, 1.54) is 11.1 Å². The SMILES string of the molecule is CC(C)(F)C(C1=CCCC(F)=C1)C1CN(C(c2ccccc2)c2ccccc2)C1. The van der Waals surface area contributed by atoms with E-state index in [9.17, 15) is 4.39 Å². The molecular formula is C26H29F2N. The second kappa shape index (κ2) is 8.23. The van der Waals surface area contributed by atoms with E-state index >= 15 is 4.39 Å². The first-order chi connectivity index (χ1) is 13.9. The summed E-state index contributed by atoms with van der Waals surface area (Å²) in [5.74, 6) is -0.227. The maximum absolute atomic E-state index is 15.2. The van der Waals surface area contributed by atoms with E-state index in [4.69, 9.17) is 0 Å². The lowest BCUT2D eigenvalue weighted by molar-refractivity contribution is -0.00819. The minimum Gasteiger partial charge on any atom is -0.292 e. The number of allylic oxidation sites excluding steroid dienone is 4. The van der Waals surface area contributed by atoms with Crippen LogP contribution in [-0.4, -0.2) is 23.7 Å². The van der Waals surface area contributed by atoms with Gasteiger partial charge < -0.3 is 0 Å². The second-order valence-corrected chi connectivity index (χ2v) is 8.81. The fourth-order valence-electron chi connectivity index (χ4n) is 4.99. The predicted octanol–water partition coefficient (Wildman–Crippen LogP) is 6.65. The number of halogens is 2. The number of benzene rings is 2. The summed E-state index contributed by atoms with van der Waals surface area (Å²) in [5.41, 5.74) is 1.94. The molecule has 0 N–H and O–H groups in total. The minimum absolute atomic E-state index is 0.126. The third-order valence-electron chi connectivity index (χ3n) is 6.19. The van der Waals surface area contributed by atoms with Gasteiger partial charge in [0.05, 0.1) is 6.04 Å². The van der Waals surface area contributed by atoms with E-state index < -0.39 is 5.67 Å². The van der Waals surface area contributed by atoms with Gasteiger partial charge in [0, 0.05) is 25.4 Å². The van der Waals surface area contributed by atoms with Crippen LogP contribution in [0, 0.1) is 11.8 Å². The highest BCUT2D eigenvalue weighted by atomic mass is 19.1. The lowest BCUT2D eigenvalue weighted by Gasteiger charge is -2.50. The molecule has 1 heterocycles. The topological polar surface area (TPSA) is 3.24 Å². The van der Waals surface area contributed by atoms with Gasteiger partial charge in [0.1, 0.15) is 11.5 Å². The summed E-state index contributed by atoms with van der Waals surface area (Å²) >= 11 is 0. The number of likely N-dealkylation sites (tertiary alicyclic amines) is 1. The maximum atomic E-state index is 15.2. The van der Waals surface area contributed by atoms with Gasteiger partial charge in [0.15, 0.2) is 0 Å². The van der Waals surface area contributed by atoms with Crippen molar-refractivity contribution in [1.29, 1.82) is 0 Å². The van der Waals surface area contributed by atoms with Crippen LogP contribution in [0.3, 0.4) is 0 Å². The Kier molecular flexibility index (Phi) is 5.69. The molecule has 2 aliphatic rings. The van der Waals surface area contributed by atoms with Crippen LogP contribution >= 0.6 is 0 Å². The molecule has 1 aliphatic carbocycles. The highest BCUT2D eigenvalue weighted by Gasteiger charge is 2.45. The maximum Gasteiger partial charge on any atom is 0.112 e. The normalized spacial score (nSPS) is 19.5. The molecule has 1 saturated heterocycles. The zero-order valence-electron chi connectivity index (χ0n) is 17.2. The third-order valence-corrected chi connectivity index (χ3v) is 6.19. The van der Waals surface area contributed by atoms with Crippen molar-refractivity contribution in [2.24, 2.45) is 11.8 Å². The first-order valence-electron chi connectivity index (χ1n) is 10.5. The Labute approximate surface area is 172 Å². The van der Waals surface area contributed by atoms with Crippen LogP contribution in [0.25, 0.3) is 0 Å². The van der Waals surface area contributed by atoms with E-state index in [0.29, 0.717) is 12.8 Å². The smallest absolute Gasteiger partial charge is 0.112 e. The highest BCUT2D eigenvalue weighted by molar-refractivity contribution is 5.34. The molecule has 4 rings (SSSR count). The van der Waals surface area contributed by atoms with Crippen LogP contribution in [0.1, 0.15) is 43.9 Å². The van der Waals surface area contributed by atoms with Crippen LogP contribution in [0.5, 0.6) is 0 Å². The molecule has 0 spiro atoms. The fraction of sp³-hybridized carbons (Fsp3) is 0.385. The van der Waals surface area contributed by atoms with Crippen molar-refractivity contribution in [2.75, 3.05) is 13.1 Å². The molecule has 1 atom stereocenters. The minimum atomic E-state index is -1.38. The third kappa shape index (κ3) is 4.35. The Balaban J connectivity index is 1.58. The van der Waals surface area contributed by atoms with Crippen molar-refractivity contribution in [3.8, 4) is 0 Å². The summed E-state index contributed by atoms with van der Waals surface area (Å²) in [4.78, 5) is 2.41. The van der Waals surface area contributed by atoms with Gasteiger partial charge in [-0.3, -0.25) is 4.90 Å². The van der Waals surface area contributed by atoms with Gasteiger partial charge in [-0.1, -0.05) is 66.7 Å². The van der Waals surface area contributed by atoms with Gasteiger partial charge in [-0.05, 0) is 49.0 Å². The molecule has 0 saturated carbocycles. The lowest BCUT2D eigenvalue weighted by Crippen LogP contribution is -2.55. The summed E-state index contributed by atoms with van der Waals surface area (Å²) in [6.07, 6.45) is 4.70. The zero-order chi connectivity index (χ0) is 20.4. The van der Waals surface area contributed by atoms with E-state index in [1.807, 2.05) is 18.2 Å². The summed E-state index contributed by atoms with van der Waals surface area (Å²) in [5, 5.41) is 0.